The maximum Gasteiger partial charge on any atom is 0.416 e. The predicted octanol–water partition coefficient (Wildman–Crippen LogP) is 3.96. The summed E-state index contributed by atoms with van der Waals surface area (Å²) in [6, 6.07) is 14.9. The van der Waals surface area contributed by atoms with Gasteiger partial charge in [-0.15, -0.1) is 0 Å². The summed E-state index contributed by atoms with van der Waals surface area (Å²) in [4.78, 5) is 51.7. The van der Waals surface area contributed by atoms with Gasteiger partial charge in [0.1, 0.15) is 12.2 Å². The van der Waals surface area contributed by atoms with Crippen LogP contribution < -0.4 is 15.8 Å². The van der Waals surface area contributed by atoms with Crippen LogP contribution in [-0.2, 0) is 16.1 Å². The molecule has 212 valence electrons. The molecule has 9 nitrogen and oxygen atoms in total. The Kier molecular flexibility index (Phi) is 9.15. The van der Waals surface area contributed by atoms with Gasteiger partial charge >= 0.3 is 12.1 Å². The third kappa shape index (κ3) is 6.75. The first-order valence-corrected chi connectivity index (χ1v) is 12.2. The number of carboxylic acid groups (broad SMARTS) is 1. The molecule has 2 unspecified atom stereocenters. The number of benzene rings is 2. The van der Waals surface area contributed by atoms with Gasteiger partial charge in [0.25, 0.3) is 5.56 Å². The number of hydrogen-bond donors (Lipinski definition) is 3. The number of halogens is 3. The molecule has 2 amide bonds. The van der Waals surface area contributed by atoms with Gasteiger partial charge in [-0.25, -0.2) is 4.79 Å². The number of carbonyl (C=O) groups excluding carboxylic acids is 2. The minimum Gasteiger partial charge on any atom is -0.478 e. The SMILES string of the molecule is CC(=O)N(c1ccc(C(=O)O)cc1)c1ccc(-c2ccccc2)n(CC(=O)NC(C(C)C)C(O)C(F)(F)F)c1=O. The summed E-state index contributed by atoms with van der Waals surface area (Å²) in [7, 11) is 0. The lowest BCUT2D eigenvalue weighted by atomic mass is 9.98. The number of hydrogen-bond acceptors (Lipinski definition) is 5. The Hall–Kier alpha value is -4.45. The van der Waals surface area contributed by atoms with Gasteiger partial charge in [0.2, 0.25) is 11.8 Å². The highest BCUT2D eigenvalue weighted by atomic mass is 19.4. The van der Waals surface area contributed by atoms with E-state index in [1.54, 1.807) is 30.3 Å². The Balaban J connectivity index is 2.10. The molecule has 0 saturated carbocycles. The van der Waals surface area contributed by atoms with Crippen LogP contribution in [0.3, 0.4) is 0 Å². The zero-order valence-corrected chi connectivity index (χ0v) is 21.8. The Bertz CT molecular complexity index is 1440. The van der Waals surface area contributed by atoms with Crippen LogP contribution in [-0.4, -0.2) is 50.9 Å². The molecule has 3 rings (SSSR count). The standard InChI is InChI=1S/C28H28F3N3O6/c1-16(2)24(25(37)28(29,30)31)32-23(36)15-33-21(18-7-5-4-6-8-18)13-14-22(26(33)38)34(17(3)35)20-11-9-19(10-12-20)27(39)40/h4-14,16,24-25,37H,15H2,1-3H3,(H,32,36)(H,39,40). The molecular formula is C28H28F3N3O6. The van der Waals surface area contributed by atoms with E-state index in [1.807, 2.05) is 0 Å². The lowest BCUT2D eigenvalue weighted by molar-refractivity contribution is -0.215. The molecule has 0 fully saturated rings. The average molecular weight is 560 g/mol. The number of aromatic carboxylic acids is 1. The number of nitrogens with zero attached hydrogens (tertiary/aromatic N) is 2. The van der Waals surface area contributed by atoms with Gasteiger partial charge in [-0.1, -0.05) is 44.2 Å². The number of aliphatic hydroxyl groups excluding tert-OH is 1. The number of alkyl halides is 3. The second-order valence-electron chi connectivity index (χ2n) is 9.39. The lowest BCUT2D eigenvalue weighted by Gasteiger charge is -2.29. The Morgan fingerprint density at radius 3 is 2.08 bits per heavy atom. The van der Waals surface area contributed by atoms with Crippen LogP contribution in [0.5, 0.6) is 0 Å². The number of carboxylic acids is 1. The summed E-state index contributed by atoms with van der Waals surface area (Å²) in [5, 5.41) is 21.1. The van der Waals surface area contributed by atoms with Crippen LogP contribution in [0.4, 0.5) is 24.5 Å². The van der Waals surface area contributed by atoms with Crippen LogP contribution in [0.1, 0.15) is 31.1 Å². The Labute approximate surface area is 227 Å². The number of pyridine rings is 1. The van der Waals surface area contributed by atoms with Crippen LogP contribution in [0.2, 0.25) is 0 Å². The van der Waals surface area contributed by atoms with E-state index in [9.17, 15) is 37.5 Å². The van der Waals surface area contributed by atoms with Crippen molar-refractivity contribution in [1.29, 1.82) is 0 Å². The molecule has 3 N–H and O–H groups in total. The minimum atomic E-state index is -4.98. The molecule has 2 atom stereocenters. The van der Waals surface area contributed by atoms with E-state index in [-0.39, 0.29) is 22.6 Å². The summed E-state index contributed by atoms with van der Waals surface area (Å²) in [6.45, 7) is 3.29. The first kappa shape index (κ1) is 30.1. The Morgan fingerprint density at radius 2 is 1.57 bits per heavy atom. The van der Waals surface area contributed by atoms with Crippen molar-refractivity contribution < 1.29 is 37.8 Å². The van der Waals surface area contributed by atoms with E-state index < -0.39 is 54.1 Å². The third-order valence-electron chi connectivity index (χ3n) is 6.18. The number of nitrogens with one attached hydrogen (secondary N) is 1. The summed E-state index contributed by atoms with van der Waals surface area (Å²) in [5.74, 6) is -3.52. The molecule has 1 heterocycles. The van der Waals surface area contributed by atoms with Crippen molar-refractivity contribution in [2.24, 2.45) is 5.92 Å². The fourth-order valence-electron chi connectivity index (χ4n) is 4.19. The number of amides is 2. The summed E-state index contributed by atoms with van der Waals surface area (Å²) in [5.41, 5.74) is -0.0421. The largest absolute Gasteiger partial charge is 0.478 e. The number of anilines is 2. The zero-order chi connectivity index (χ0) is 29.8. The molecule has 40 heavy (non-hydrogen) atoms. The monoisotopic (exact) mass is 559 g/mol. The summed E-state index contributed by atoms with van der Waals surface area (Å²) < 4.78 is 40.6. The average Bonchev–Trinajstić information content (AvgIpc) is 2.89. The molecule has 0 aliphatic heterocycles. The van der Waals surface area contributed by atoms with Crippen molar-refractivity contribution in [3.63, 3.8) is 0 Å². The number of rotatable bonds is 9. The Morgan fingerprint density at radius 1 is 0.975 bits per heavy atom. The molecule has 1 aromatic heterocycles. The zero-order valence-electron chi connectivity index (χ0n) is 21.8. The van der Waals surface area contributed by atoms with Gasteiger partial charge in [0, 0.05) is 12.6 Å². The summed E-state index contributed by atoms with van der Waals surface area (Å²) in [6.07, 6.45) is -7.80. The van der Waals surface area contributed by atoms with Gasteiger partial charge in [-0.2, -0.15) is 13.2 Å². The van der Waals surface area contributed by atoms with E-state index >= 15 is 0 Å². The second kappa shape index (κ2) is 12.2. The van der Waals surface area contributed by atoms with Gasteiger partial charge in [-0.3, -0.25) is 23.9 Å². The van der Waals surface area contributed by atoms with E-state index in [0.29, 0.717) is 5.56 Å². The van der Waals surface area contributed by atoms with Gasteiger partial charge in [0.05, 0.1) is 17.3 Å². The molecule has 2 aromatic carbocycles. The fraction of sp³-hybridized carbons (Fsp3) is 0.286. The van der Waals surface area contributed by atoms with Crippen LogP contribution in [0, 0.1) is 5.92 Å². The molecule has 3 aromatic rings. The molecule has 0 radical (unpaired) electrons. The maximum atomic E-state index is 13.8. The van der Waals surface area contributed by atoms with Crippen LogP contribution in [0.15, 0.2) is 71.5 Å². The molecule has 12 heteroatoms. The number of carbonyl (C=O) groups is 3. The highest BCUT2D eigenvalue weighted by Crippen LogP contribution is 2.28. The predicted molar refractivity (Wildman–Crippen MR) is 141 cm³/mol. The van der Waals surface area contributed by atoms with E-state index in [4.69, 9.17) is 5.11 Å². The van der Waals surface area contributed by atoms with Crippen molar-refractivity contribution in [3.05, 3.63) is 82.6 Å². The number of aromatic nitrogens is 1. The van der Waals surface area contributed by atoms with E-state index in [1.165, 1.54) is 57.2 Å². The van der Waals surface area contributed by atoms with Gasteiger partial charge in [-0.05, 0) is 47.9 Å². The van der Waals surface area contributed by atoms with Gasteiger partial charge < -0.3 is 15.5 Å². The van der Waals surface area contributed by atoms with E-state index in [0.717, 1.165) is 9.47 Å². The molecule has 0 spiro atoms. The van der Waals surface area contributed by atoms with Gasteiger partial charge in [0.15, 0.2) is 6.10 Å². The normalized spacial score (nSPS) is 13.0. The van der Waals surface area contributed by atoms with Crippen LogP contribution in [0.25, 0.3) is 11.3 Å². The van der Waals surface area contributed by atoms with Crippen LogP contribution >= 0.6 is 0 Å². The number of aliphatic hydroxyl groups is 1. The highest BCUT2D eigenvalue weighted by Gasteiger charge is 2.45. The maximum absolute atomic E-state index is 13.8. The molecule has 0 saturated heterocycles. The van der Waals surface area contributed by atoms with Crippen molar-refractivity contribution in [1.82, 2.24) is 9.88 Å². The first-order valence-electron chi connectivity index (χ1n) is 12.2. The van der Waals surface area contributed by atoms with Crippen molar-refractivity contribution in [2.45, 2.75) is 45.6 Å². The van der Waals surface area contributed by atoms with E-state index in [2.05, 4.69) is 5.32 Å². The lowest BCUT2D eigenvalue weighted by Crippen LogP contribution is -2.53. The first-order chi connectivity index (χ1) is 18.7. The smallest absolute Gasteiger partial charge is 0.416 e. The van der Waals surface area contributed by atoms with Crippen molar-refractivity contribution in [3.8, 4) is 11.3 Å². The van der Waals surface area contributed by atoms with Crippen molar-refractivity contribution >= 4 is 29.2 Å². The quantitative estimate of drug-likeness (QED) is 0.364. The van der Waals surface area contributed by atoms with Crippen molar-refractivity contribution in [2.75, 3.05) is 4.90 Å². The second-order valence-corrected chi connectivity index (χ2v) is 9.39. The highest BCUT2D eigenvalue weighted by molar-refractivity contribution is 5.99. The minimum absolute atomic E-state index is 0.0403. The fourth-order valence-corrected chi connectivity index (χ4v) is 4.19. The third-order valence-corrected chi connectivity index (χ3v) is 6.18. The molecule has 0 aliphatic carbocycles. The molecular weight excluding hydrogens is 531 g/mol. The topological polar surface area (TPSA) is 129 Å². The summed E-state index contributed by atoms with van der Waals surface area (Å²) >= 11 is 0. The molecule has 0 aliphatic rings. The molecule has 0 bridgehead atoms.